The minimum absolute atomic E-state index is 0.0463. The van der Waals surface area contributed by atoms with Crippen molar-refractivity contribution in [2.45, 2.75) is 45.1 Å². The molecule has 0 radical (unpaired) electrons. The quantitative estimate of drug-likeness (QED) is 0.823. The van der Waals surface area contributed by atoms with Crippen LogP contribution in [0.25, 0.3) is 0 Å². The van der Waals surface area contributed by atoms with E-state index in [1.54, 1.807) is 5.57 Å². The Labute approximate surface area is 151 Å². The van der Waals surface area contributed by atoms with Gasteiger partial charge in [-0.1, -0.05) is 42.0 Å². The van der Waals surface area contributed by atoms with Gasteiger partial charge < -0.3 is 10.2 Å². The molecule has 1 heterocycles. The maximum absolute atomic E-state index is 12.5. The Morgan fingerprint density at radius 2 is 1.88 bits per heavy atom. The lowest BCUT2D eigenvalue weighted by molar-refractivity contribution is 0.138. The second-order valence-electron chi connectivity index (χ2n) is 7.27. The highest BCUT2D eigenvalue weighted by atomic mass is 16.2. The van der Waals surface area contributed by atoms with Crippen LogP contribution in [0.15, 0.2) is 42.0 Å². The molecule has 1 aromatic rings. The molecule has 2 aliphatic rings. The summed E-state index contributed by atoms with van der Waals surface area (Å²) in [4.78, 5) is 16.9. The van der Waals surface area contributed by atoms with Crippen LogP contribution in [-0.2, 0) is 0 Å². The molecule has 1 aliphatic heterocycles. The van der Waals surface area contributed by atoms with E-state index in [0.717, 1.165) is 38.3 Å². The number of benzene rings is 1. The van der Waals surface area contributed by atoms with Gasteiger partial charge >= 0.3 is 6.03 Å². The van der Waals surface area contributed by atoms with Crippen molar-refractivity contribution < 1.29 is 4.79 Å². The van der Waals surface area contributed by atoms with E-state index >= 15 is 0 Å². The Balaban J connectivity index is 1.39. The summed E-state index contributed by atoms with van der Waals surface area (Å²) in [6.07, 6.45) is 8.93. The summed E-state index contributed by atoms with van der Waals surface area (Å²) in [7, 11) is 0. The average Bonchev–Trinajstić information content (AvgIpc) is 2.68. The van der Waals surface area contributed by atoms with Crippen molar-refractivity contribution in [1.29, 1.82) is 0 Å². The van der Waals surface area contributed by atoms with Crippen LogP contribution in [-0.4, -0.2) is 48.6 Å². The van der Waals surface area contributed by atoms with E-state index in [-0.39, 0.29) is 12.1 Å². The fraction of sp³-hybridized carbons (Fsp3) is 0.571. The van der Waals surface area contributed by atoms with Crippen LogP contribution in [0.2, 0.25) is 0 Å². The molecule has 1 N–H and O–H groups in total. The Kier molecular flexibility index (Phi) is 6.51. The predicted molar refractivity (Wildman–Crippen MR) is 103 cm³/mol. The van der Waals surface area contributed by atoms with E-state index in [2.05, 4.69) is 28.4 Å². The number of carbonyl (C=O) groups excluding carboxylic acids is 1. The molecule has 25 heavy (non-hydrogen) atoms. The summed E-state index contributed by atoms with van der Waals surface area (Å²) < 4.78 is 0. The van der Waals surface area contributed by atoms with Gasteiger partial charge in [-0.3, -0.25) is 4.90 Å². The molecule has 2 amide bonds. The van der Waals surface area contributed by atoms with Crippen LogP contribution in [0.3, 0.4) is 0 Å². The van der Waals surface area contributed by atoms with E-state index in [1.165, 1.54) is 32.1 Å². The Morgan fingerprint density at radius 1 is 1.12 bits per heavy atom. The molecule has 4 heteroatoms. The van der Waals surface area contributed by atoms with Crippen molar-refractivity contribution in [3.05, 3.63) is 47.5 Å². The predicted octanol–water partition coefficient (Wildman–Crippen LogP) is 3.97. The van der Waals surface area contributed by atoms with Crippen LogP contribution in [0, 0.1) is 0 Å². The Morgan fingerprint density at radius 3 is 2.56 bits per heavy atom. The van der Waals surface area contributed by atoms with Gasteiger partial charge in [-0.2, -0.15) is 0 Å². The van der Waals surface area contributed by atoms with Gasteiger partial charge in [-0.15, -0.1) is 0 Å². The normalized spacial score (nSPS) is 20.0. The number of nitrogens with zero attached hydrogens (tertiary/aromatic N) is 2. The van der Waals surface area contributed by atoms with E-state index in [4.69, 9.17) is 0 Å². The first-order valence-electron chi connectivity index (χ1n) is 9.73. The summed E-state index contributed by atoms with van der Waals surface area (Å²) in [5, 5.41) is 3.12. The van der Waals surface area contributed by atoms with E-state index in [1.807, 2.05) is 30.0 Å². The Bertz CT molecular complexity index is 576. The van der Waals surface area contributed by atoms with Gasteiger partial charge in [0.2, 0.25) is 0 Å². The molecule has 1 atom stereocenters. The molecule has 4 nitrogen and oxygen atoms in total. The van der Waals surface area contributed by atoms with Crippen LogP contribution in [0.1, 0.15) is 50.6 Å². The van der Waals surface area contributed by atoms with Gasteiger partial charge in [0.25, 0.3) is 0 Å². The molecule has 1 unspecified atom stereocenters. The zero-order chi connectivity index (χ0) is 17.5. The molecule has 1 aromatic carbocycles. The van der Waals surface area contributed by atoms with Crippen molar-refractivity contribution >= 4 is 6.03 Å². The maximum Gasteiger partial charge on any atom is 0.317 e. The second kappa shape index (κ2) is 9.04. The number of hydrogen-bond acceptors (Lipinski definition) is 2. The zero-order valence-corrected chi connectivity index (χ0v) is 15.4. The molecule has 1 fully saturated rings. The molecule has 3 rings (SSSR count). The summed E-state index contributed by atoms with van der Waals surface area (Å²) in [6.45, 7) is 6.81. The topological polar surface area (TPSA) is 35.6 Å². The van der Waals surface area contributed by atoms with Gasteiger partial charge in [0, 0.05) is 32.7 Å². The van der Waals surface area contributed by atoms with E-state index in [0.29, 0.717) is 0 Å². The Hall–Kier alpha value is -1.81. The van der Waals surface area contributed by atoms with Crippen molar-refractivity contribution in [2.75, 3.05) is 32.7 Å². The number of piperazine rings is 1. The van der Waals surface area contributed by atoms with Crippen LogP contribution in [0.5, 0.6) is 0 Å². The van der Waals surface area contributed by atoms with Crippen molar-refractivity contribution in [3.8, 4) is 0 Å². The summed E-state index contributed by atoms with van der Waals surface area (Å²) in [5.74, 6) is 0. The number of nitrogens with one attached hydrogen (secondary N) is 1. The fourth-order valence-electron chi connectivity index (χ4n) is 3.71. The fourth-order valence-corrected chi connectivity index (χ4v) is 3.71. The molecule has 1 saturated heterocycles. The number of amides is 2. The number of urea groups is 1. The third-order valence-corrected chi connectivity index (χ3v) is 5.43. The van der Waals surface area contributed by atoms with E-state index < -0.39 is 0 Å². The molecular formula is C21H31N3O. The van der Waals surface area contributed by atoms with Gasteiger partial charge in [-0.05, 0) is 44.6 Å². The minimum Gasteiger partial charge on any atom is -0.331 e. The monoisotopic (exact) mass is 341 g/mol. The second-order valence-corrected chi connectivity index (χ2v) is 7.27. The molecule has 0 aromatic heterocycles. The number of rotatable bonds is 5. The first-order chi connectivity index (χ1) is 12.2. The molecule has 1 aliphatic carbocycles. The standard InChI is InChI=1S/C21H31N3O/c1-18(20-10-6-3-7-11-20)22-21(25)24-16-14-23(15-17-24)13-12-19-8-4-2-5-9-19/h3,6-8,10-11,18H,2,4-5,9,12-17H2,1H3,(H,22,25). The minimum atomic E-state index is 0.0463. The smallest absolute Gasteiger partial charge is 0.317 e. The molecular weight excluding hydrogens is 310 g/mol. The number of carbonyl (C=O) groups is 1. The third-order valence-electron chi connectivity index (χ3n) is 5.43. The lowest BCUT2D eigenvalue weighted by atomic mass is 9.97. The van der Waals surface area contributed by atoms with Crippen LogP contribution < -0.4 is 5.32 Å². The lowest BCUT2D eigenvalue weighted by Gasteiger charge is -2.35. The van der Waals surface area contributed by atoms with Crippen molar-refractivity contribution in [2.24, 2.45) is 0 Å². The van der Waals surface area contributed by atoms with Crippen molar-refractivity contribution in [1.82, 2.24) is 15.1 Å². The summed E-state index contributed by atoms with van der Waals surface area (Å²) >= 11 is 0. The highest BCUT2D eigenvalue weighted by Crippen LogP contribution is 2.20. The first-order valence-corrected chi connectivity index (χ1v) is 9.73. The lowest BCUT2D eigenvalue weighted by Crippen LogP contribution is -2.52. The van der Waals surface area contributed by atoms with Crippen LogP contribution >= 0.6 is 0 Å². The van der Waals surface area contributed by atoms with Gasteiger partial charge in [0.1, 0.15) is 0 Å². The first kappa shape index (κ1) is 18.0. The highest BCUT2D eigenvalue weighted by Gasteiger charge is 2.22. The van der Waals surface area contributed by atoms with Gasteiger partial charge in [-0.25, -0.2) is 4.79 Å². The van der Waals surface area contributed by atoms with E-state index in [9.17, 15) is 4.79 Å². The maximum atomic E-state index is 12.5. The largest absolute Gasteiger partial charge is 0.331 e. The molecule has 0 bridgehead atoms. The molecule has 136 valence electrons. The van der Waals surface area contributed by atoms with Crippen molar-refractivity contribution in [3.63, 3.8) is 0 Å². The zero-order valence-electron chi connectivity index (χ0n) is 15.4. The van der Waals surface area contributed by atoms with Crippen LogP contribution in [0.4, 0.5) is 4.79 Å². The average molecular weight is 341 g/mol. The van der Waals surface area contributed by atoms with Gasteiger partial charge in [0.15, 0.2) is 0 Å². The SMILES string of the molecule is CC(NC(=O)N1CCN(CCC2=CCCCC2)CC1)c1ccccc1. The third kappa shape index (κ3) is 5.33. The highest BCUT2D eigenvalue weighted by molar-refractivity contribution is 5.74. The molecule has 0 spiro atoms. The summed E-state index contributed by atoms with van der Waals surface area (Å²) in [6, 6.07) is 10.2. The molecule has 0 saturated carbocycles. The number of hydrogen-bond donors (Lipinski definition) is 1. The van der Waals surface area contributed by atoms with Gasteiger partial charge in [0.05, 0.1) is 6.04 Å². The number of allylic oxidation sites excluding steroid dienone is 1. The summed E-state index contributed by atoms with van der Waals surface area (Å²) in [5.41, 5.74) is 2.79.